The Morgan fingerprint density at radius 3 is 2.50 bits per heavy atom. The third kappa shape index (κ3) is 2.97. The summed E-state index contributed by atoms with van der Waals surface area (Å²) in [5.74, 6) is -0.425. The summed E-state index contributed by atoms with van der Waals surface area (Å²) in [6, 6.07) is 6.63. The lowest BCUT2D eigenvalue weighted by Crippen LogP contribution is -2.33. The Kier molecular flexibility index (Phi) is 4.35. The summed E-state index contributed by atoms with van der Waals surface area (Å²) in [7, 11) is -3.76. The fourth-order valence-electron chi connectivity index (χ4n) is 1.74. The number of sulfonamides is 1. The van der Waals surface area contributed by atoms with Crippen molar-refractivity contribution in [2.45, 2.75) is 11.4 Å². The largest absolute Gasteiger partial charge is 0.330 e. The number of halogens is 1. The Bertz CT molecular complexity index is 641. The Morgan fingerprint density at radius 1 is 1.25 bits per heavy atom. The molecule has 0 bridgehead atoms. The molecule has 0 fully saturated rings. The summed E-state index contributed by atoms with van der Waals surface area (Å²) in [6.07, 6.45) is 1.85. The molecule has 0 amide bonds. The molecule has 0 saturated heterocycles. The van der Waals surface area contributed by atoms with E-state index in [1.807, 2.05) is 0 Å². The molecular formula is C12H15FN4O2S. The summed E-state index contributed by atoms with van der Waals surface area (Å²) in [6.45, 7) is 0.569. The Hall–Kier alpha value is -1.93. The van der Waals surface area contributed by atoms with Gasteiger partial charge >= 0.3 is 0 Å². The molecule has 0 aliphatic heterocycles. The minimum absolute atomic E-state index is 0.0150. The lowest BCUT2D eigenvalue weighted by atomic mass is 10.3. The van der Waals surface area contributed by atoms with Gasteiger partial charge in [0, 0.05) is 6.54 Å². The van der Waals surface area contributed by atoms with Crippen molar-refractivity contribution in [3.8, 4) is 0 Å². The fraction of sp³-hybridized carbons (Fsp3) is 0.250. The van der Waals surface area contributed by atoms with Crippen LogP contribution in [0.5, 0.6) is 0 Å². The van der Waals surface area contributed by atoms with Crippen molar-refractivity contribution in [2.24, 2.45) is 5.73 Å². The molecule has 0 aliphatic rings. The summed E-state index contributed by atoms with van der Waals surface area (Å²) in [4.78, 5) is 0. The van der Waals surface area contributed by atoms with Crippen molar-refractivity contribution >= 4 is 15.7 Å². The maximum absolute atomic E-state index is 13.0. The number of nitrogens with one attached hydrogen (secondary N) is 1. The van der Waals surface area contributed by atoms with Gasteiger partial charge in [-0.25, -0.2) is 4.39 Å². The highest BCUT2D eigenvalue weighted by Crippen LogP contribution is 2.22. The summed E-state index contributed by atoms with van der Waals surface area (Å²) < 4.78 is 39.2. The van der Waals surface area contributed by atoms with Gasteiger partial charge in [-0.15, -0.1) is 0 Å². The predicted octanol–water partition coefficient (Wildman–Crippen LogP) is 1.09. The van der Waals surface area contributed by atoms with Crippen LogP contribution in [0.1, 0.15) is 6.42 Å². The van der Waals surface area contributed by atoms with Crippen molar-refractivity contribution in [2.75, 3.05) is 17.4 Å². The fourth-order valence-corrected chi connectivity index (χ4v) is 3.14. The van der Waals surface area contributed by atoms with Crippen LogP contribution < -0.4 is 10.0 Å². The first kappa shape index (κ1) is 14.5. The molecule has 1 aromatic carbocycles. The third-order valence-electron chi connectivity index (χ3n) is 2.72. The molecule has 2 aromatic rings. The van der Waals surface area contributed by atoms with Gasteiger partial charge in [-0.3, -0.25) is 9.40 Å². The van der Waals surface area contributed by atoms with E-state index >= 15 is 0 Å². The molecule has 6 nitrogen and oxygen atoms in total. The molecular weight excluding hydrogens is 283 g/mol. The van der Waals surface area contributed by atoms with Crippen LogP contribution in [-0.4, -0.2) is 31.7 Å². The van der Waals surface area contributed by atoms with Crippen LogP contribution in [0.25, 0.3) is 0 Å². The van der Waals surface area contributed by atoms with Crippen LogP contribution in [0.15, 0.2) is 41.6 Å². The standard InChI is InChI=1S/C12H15FN4O2S/c13-10-2-4-11(5-3-10)17(9-1-7-14)20(18,19)12-6-8-15-16-12/h2-6,8H,1,7,9,14H2,(H,15,16). The molecule has 0 spiro atoms. The van der Waals surface area contributed by atoms with Crippen LogP contribution in [0.4, 0.5) is 10.1 Å². The first-order valence-corrected chi connectivity index (χ1v) is 7.47. The topological polar surface area (TPSA) is 92.1 Å². The van der Waals surface area contributed by atoms with E-state index < -0.39 is 15.8 Å². The Balaban J connectivity index is 2.40. The van der Waals surface area contributed by atoms with Gasteiger partial charge in [0.2, 0.25) is 0 Å². The Morgan fingerprint density at radius 2 is 1.95 bits per heavy atom. The summed E-state index contributed by atoms with van der Waals surface area (Å²) >= 11 is 0. The zero-order chi connectivity index (χ0) is 14.6. The number of aromatic amines is 1. The number of nitrogens with two attached hydrogens (primary N) is 1. The SMILES string of the molecule is NCCCN(c1ccc(F)cc1)S(=O)(=O)c1ccn[nH]1. The normalized spacial score (nSPS) is 11.5. The molecule has 0 atom stereocenters. The smallest absolute Gasteiger partial charge is 0.281 e. The van der Waals surface area contributed by atoms with E-state index in [0.717, 1.165) is 0 Å². The minimum atomic E-state index is -3.76. The zero-order valence-corrected chi connectivity index (χ0v) is 11.5. The quantitative estimate of drug-likeness (QED) is 0.835. The van der Waals surface area contributed by atoms with Gasteiger partial charge in [0.15, 0.2) is 5.03 Å². The maximum Gasteiger partial charge on any atom is 0.281 e. The molecule has 3 N–H and O–H groups in total. The maximum atomic E-state index is 13.0. The highest BCUT2D eigenvalue weighted by molar-refractivity contribution is 7.92. The first-order chi connectivity index (χ1) is 9.55. The van der Waals surface area contributed by atoms with E-state index in [1.165, 1.54) is 40.8 Å². The highest BCUT2D eigenvalue weighted by Gasteiger charge is 2.25. The van der Waals surface area contributed by atoms with Gasteiger partial charge in [0.1, 0.15) is 5.82 Å². The predicted molar refractivity (Wildman–Crippen MR) is 73.2 cm³/mol. The molecule has 1 aromatic heterocycles. The van der Waals surface area contributed by atoms with Crippen LogP contribution in [-0.2, 0) is 10.0 Å². The van der Waals surface area contributed by atoms with E-state index in [1.54, 1.807) is 0 Å². The Labute approximate surface area is 116 Å². The molecule has 0 saturated carbocycles. The van der Waals surface area contributed by atoms with Crippen LogP contribution in [0, 0.1) is 5.82 Å². The van der Waals surface area contributed by atoms with E-state index in [4.69, 9.17) is 5.73 Å². The van der Waals surface area contributed by atoms with Gasteiger partial charge in [0.25, 0.3) is 10.0 Å². The van der Waals surface area contributed by atoms with Gasteiger partial charge in [0.05, 0.1) is 11.9 Å². The second kappa shape index (κ2) is 6.02. The van der Waals surface area contributed by atoms with Crippen molar-refractivity contribution in [3.63, 3.8) is 0 Å². The summed E-state index contributed by atoms with van der Waals surface area (Å²) in [5, 5.41) is 6.06. The number of benzene rings is 1. The number of hydrogen-bond donors (Lipinski definition) is 2. The third-order valence-corrected chi connectivity index (χ3v) is 4.48. The van der Waals surface area contributed by atoms with E-state index in [9.17, 15) is 12.8 Å². The van der Waals surface area contributed by atoms with Gasteiger partial charge in [-0.05, 0) is 43.3 Å². The molecule has 1 heterocycles. The first-order valence-electron chi connectivity index (χ1n) is 6.03. The van der Waals surface area contributed by atoms with Crippen LogP contribution in [0.3, 0.4) is 0 Å². The van der Waals surface area contributed by atoms with Crippen LogP contribution >= 0.6 is 0 Å². The molecule has 108 valence electrons. The van der Waals surface area contributed by atoms with Crippen molar-refractivity contribution < 1.29 is 12.8 Å². The second-order valence-corrected chi connectivity index (χ2v) is 5.95. The second-order valence-electron chi connectivity index (χ2n) is 4.12. The molecule has 0 aliphatic carbocycles. The lowest BCUT2D eigenvalue weighted by Gasteiger charge is -2.23. The highest BCUT2D eigenvalue weighted by atomic mass is 32.2. The average Bonchev–Trinajstić information content (AvgIpc) is 2.96. The van der Waals surface area contributed by atoms with Crippen molar-refractivity contribution in [1.82, 2.24) is 10.2 Å². The molecule has 20 heavy (non-hydrogen) atoms. The zero-order valence-electron chi connectivity index (χ0n) is 10.7. The molecule has 0 radical (unpaired) electrons. The number of rotatable bonds is 6. The number of H-pyrrole nitrogens is 1. The van der Waals surface area contributed by atoms with Crippen LogP contribution in [0.2, 0.25) is 0 Å². The number of nitrogens with zero attached hydrogens (tertiary/aromatic N) is 2. The van der Waals surface area contributed by atoms with Gasteiger partial charge < -0.3 is 5.73 Å². The van der Waals surface area contributed by atoms with Crippen molar-refractivity contribution in [1.29, 1.82) is 0 Å². The number of hydrogen-bond acceptors (Lipinski definition) is 4. The molecule has 8 heteroatoms. The van der Waals surface area contributed by atoms with Gasteiger partial charge in [-0.1, -0.05) is 0 Å². The monoisotopic (exact) mass is 298 g/mol. The molecule has 0 unspecified atom stereocenters. The molecule has 2 rings (SSSR count). The van der Waals surface area contributed by atoms with E-state index in [0.29, 0.717) is 18.7 Å². The minimum Gasteiger partial charge on any atom is -0.330 e. The average molecular weight is 298 g/mol. The number of aromatic nitrogens is 2. The number of anilines is 1. The van der Waals surface area contributed by atoms with E-state index in [2.05, 4.69) is 10.2 Å². The van der Waals surface area contributed by atoms with E-state index in [-0.39, 0.29) is 11.6 Å². The lowest BCUT2D eigenvalue weighted by molar-refractivity contribution is 0.585. The van der Waals surface area contributed by atoms with Gasteiger partial charge in [-0.2, -0.15) is 13.5 Å². The van der Waals surface area contributed by atoms with Crippen molar-refractivity contribution in [3.05, 3.63) is 42.3 Å². The summed E-state index contributed by atoms with van der Waals surface area (Å²) in [5.41, 5.74) is 5.82.